The van der Waals surface area contributed by atoms with E-state index in [1.54, 1.807) is 0 Å². The molecule has 3 nitrogen and oxygen atoms in total. The van der Waals surface area contributed by atoms with Gasteiger partial charge in [-0.3, -0.25) is 4.79 Å². The molecule has 2 N–H and O–H groups in total. The molecule has 0 heterocycles. The van der Waals surface area contributed by atoms with Crippen molar-refractivity contribution in [2.24, 2.45) is 0 Å². The van der Waals surface area contributed by atoms with Gasteiger partial charge in [0.25, 0.3) is 5.91 Å². The fourth-order valence-electron chi connectivity index (χ4n) is 1.19. The molecule has 1 fully saturated rings. The molecule has 1 amide bonds. The van der Waals surface area contributed by atoms with E-state index in [0.29, 0.717) is 6.42 Å². The Labute approximate surface area is 68.8 Å². The van der Waals surface area contributed by atoms with Gasteiger partial charge in [-0.05, 0) is 19.3 Å². The molecule has 0 spiro atoms. The highest BCUT2D eigenvalue weighted by Gasteiger charge is 2.60. The summed E-state index contributed by atoms with van der Waals surface area (Å²) in [5, 5.41) is 11.1. The normalized spacial score (nSPS) is 21.3. The average molecular weight is 179 g/mol. The Morgan fingerprint density at radius 1 is 1.58 bits per heavy atom. The van der Waals surface area contributed by atoms with Gasteiger partial charge in [0.05, 0.1) is 0 Å². The van der Waals surface area contributed by atoms with Gasteiger partial charge in [-0.15, -0.1) is 0 Å². The second kappa shape index (κ2) is 2.65. The van der Waals surface area contributed by atoms with Crippen molar-refractivity contribution >= 4 is 5.91 Å². The Morgan fingerprint density at radius 3 is 2.33 bits per heavy atom. The molecule has 70 valence electrons. The van der Waals surface area contributed by atoms with Gasteiger partial charge in [0.15, 0.2) is 0 Å². The van der Waals surface area contributed by atoms with Crippen LogP contribution in [0.2, 0.25) is 0 Å². The molecule has 1 rings (SSSR count). The van der Waals surface area contributed by atoms with Crippen LogP contribution in [0, 0.1) is 0 Å². The molecule has 0 aromatic heterocycles. The molecule has 1 aliphatic carbocycles. The summed E-state index contributed by atoms with van der Waals surface area (Å²) in [6, 6.07) is 0. The van der Waals surface area contributed by atoms with Gasteiger partial charge in [-0.25, -0.2) is 0 Å². The molecule has 0 unspecified atom stereocenters. The Hall–Kier alpha value is -0.710. The fourth-order valence-corrected chi connectivity index (χ4v) is 1.19. The van der Waals surface area contributed by atoms with E-state index in [1.807, 2.05) is 5.32 Å². The number of nitrogens with one attached hydrogen (secondary N) is 1. The first-order valence-corrected chi connectivity index (χ1v) is 3.76. The van der Waals surface area contributed by atoms with Crippen LogP contribution in [0.4, 0.5) is 8.78 Å². The Balaban J connectivity index is 2.76. The molecule has 1 aliphatic rings. The van der Waals surface area contributed by atoms with E-state index < -0.39 is 17.4 Å². The first kappa shape index (κ1) is 9.38. The van der Waals surface area contributed by atoms with Gasteiger partial charge >= 0.3 is 5.92 Å². The predicted octanol–water partition coefficient (Wildman–Crippen LogP) is 0.283. The molecular weight excluding hydrogens is 168 g/mol. The lowest BCUT2D eigenvalue weighted by molar-refractivity contribution is -0.215. The molecule has 0 aliphatic heterocycles. The fraction of sp³-hybridized carbons (Fsp3) is 0.857. The molecule has 12 heavy (non-hydrogen) atoms. The van der Waals surface area contributed by atoms with Gasteiger partial charge in [-0.2, -0.15) is 8.78 Å². The van der Waals surface area contributed by atoms with E-state index in [-0.39, 0.29) is 12.8 Å². The lowest BCUT2D eigenvalue weighted by Crippen LogP contribution is -2.60. The predicted molar refractivity (Wildman–Crippen MR) is 37.8 cm³/mol. The van der Waals surface area contributed by atoms with Crippen LogP contribution < -0.4 is 5.32 Å². The van der Waals surface area contributed by atoms with Crippen molar-refractivity contribution in [3.63, 3.8) is 0 Å². The number of carbonyl (C=O) groups is 1. The van der Waals surface area contributed by atoms with Crippen LogP contribution in [-0.2, 0) is 4.79 Å². The first-order chi connectivity index (χ1) is 5.44. The highest BCUT2D eigenvalue weighted by molar-refractivity contribution is 5.84. The molecule has 0 aromatic carbocycles. The van der Waals surface area contributed by atoms with Gasteiger partial charge in [-0.1, -0.05) is 0 Å². The molecule has 0 aromatic rings. The van der Waals surface area contributed by atoms with Gasteiger partial charge in [0, 0.05) is 7.05 Å². The van der Waals surface area contributed by atoms with Crippen molar-refractivity contribution in [3.8, 4) is 0 Å². The minimum atomic E-state index is -3.65. The Morgan fingerprint density at radius 2 is 2.08 bits per heavy atom. The standard InChI is InChI=1S/C7H11F2NO2/c1-10-5(11)7(8,9)6(12)3-2-4-6/h12H,2-4H2,1H3,(H,10,11). The summed E-state index contributed by atoms with van der Waals surface area (Å²) in [6.45, 7) is 0. The van der Waals surface area contributed by atoms with Crippen molar-refractivity contribution in [2.75, 3.05) is 7.05 Å². The molecule has 1 saturated carbocycles. The number of halogens is 2. The monoisotopic (exact) mass is 179 g/mol. The minimum Gasteiger partial charge on any atom is -0.383 e. The Bertz CT molecular complexity index is 202. The summed E-state index contributed by atoms with van der Waals surface area (Å²) in [5.74, 6) is -5.07. The maximum absolute atomic E-state index is 13.0. The zero-order valence-corrected chi connectivity index (χ0v) is 6.73. The number of hydrogen-bond donors (Lipinski definition) is 2. The van der Waals surface area contributed by atoms with Crippen LogP contribution in [-0.4, -0.2) is 29.6 Å². The van der Waals surface area contributed by atoms with Gasteiger partial charge in [0.2, 0.25) is 0 Å². The summed E-state index contributed by atoms with van der Waals surface area (Å²) in [7, 11) is 1.12. The number of aliphatic hydroxyl groups is 1. The summed E-state index contributed by atoms with van der Waals surface area (Å²) in [4.78, 5) is 10.7. The van der Waals surface area contributed by atoms with Crippen LogP contribution in [0.15, 0.2) is 0 Å². The largest absolute Gasteiger partial charge is 0.383 e. The summed E-state index contributed by atoms with van der Waals surface area (Å²) >= 11 is 0. The molecule has 0 radical (unpaired) electrons. The second-order valence-corrected chi connectivity index (χ2v) is 3.04. The zero-order chi connectivity index (χ0) is 9.41. The Kier molecular flexibility index (Phi) is 2.07. The number of hydrogen-bond acceptors (Lipinski definition) is 2. The summed E-state index contributed by atoms with van der Waals surface area (Å²) in [5.41, 5.74) is -2.10. The summed E-state index contributed by atoms with van der Waals surface area (Å²) in [6.07, 6.45) is 0.532. The van der Waals surface area contributed by atoms with E-state index >= 15 is 0 Å². The molecule has 0 bridgehead atoms. The van der Waals surface area contributed by atoms with Crippen LogP contribution in [0.25, 0.3) is 0 Å². The van der Waals surface area contributed by atoms with Crippen molar-refractivity contribution in [2.45, 2.75) is 30.8 Å². The quantitative estimate of drug-likeness (QED) is 0.639. The van der Waals surface area contributed by atoms with Crippen LogP contribution in [0.3, 0.4) is 0 Å². The molecule has 0 saturated heterocycles. The maximum Gasteiger partial charge on any atom is 0.352 e. The van der Waals surface area contributed by atoms with E-state index in [1.165, 1.54) is 0 Å². The van der Waals surface area contributed by atoms with Gasteiger partial charge < -0.3 is 10.4 Å². The van der Waals surface area contributed by atoms with Crippen molar-refractivity contribution in [1.82, 2.24) is 5.32 Å². The maximum atomic E-state index is 13.0. The van der Waals surface area contributed by atoms with Crippen LogP contribution in [0.5, 0.6) is 0 Å². The third-order valence-corrected chi connectivity index (χ3v) is 2.28. The SMILES string of the molecule is CNC(=O)C(F)(F)C1(O)CCC1. The number of amides is 1. The van der Waals surface area contributed by atoms with Crippen LogP contribution >= 0.6 is 0 Å². The highest BCUT2D eigenvalue weighted by atomic mass is 19.3. The van der Waals surface area contributed by atoms with E-state index in [2.05, 4.69) is 0 Å². The molecule has 0 atom stereocenters. The van der Waals surface area contributed by atoms with E-state index in [4.69, 9.17) is 0 Å². The number of carbonyl (C=O) groups excluding carboxylic acids is 1. The zero-order valence-electron chi connectivity index (χ0n) is 6.73. The third-order valence-electron chi connectivity index (χ3n) is 2.28. The average Bonchev–Trinajstić information content (AvgIpc) is 1.98. The molecular formula is C7H11F2NO2. The topological polar surface area (TPSA) is 49.3 Å². The summed E-state index contributed by atoms with van der Waals surface area (Å²) < 4.78 is 26.0. The number of alkyl halides is 2. The van der Waals surface area contributed by atoms with E-state index in [0.717, 1.165) is 7.05 Å². The van der Waals surface area contributed by atoms with Crippen molar-refractivity contribution in [3.05, 3.63) is 0 Å². The highest BCUT2D eigenvalue weighted by Crippen LogP contribution is 2.44. The number of rotatable bonds is 2. The second-order valence-electron chi connectivity index (χ2n) is 3.04. The van der Waals surface area contributed by atoms with Crippen molar-refractivity contribution in [1.29, 1.82) is 0 Å². The van der Waals surface area contributed by atoms with E-state index in [9.17, 15) is 18.7 Å². The molecule has 5 heteroatoms. The first-order valence-electron chi connectivity index (χ1n) is 3.76. The lowest BCUT2D eigenvalue weighted by atomic mass is 9.75. The smallest absolute Gasteiger partial charge is 0.352 e. The van der Waals surface area contributed by atoms with Crippen molar-refractivity contribution < 1.29 is 18.7 Å². The lowest BCUT2D eigenvalue weighted by Gasteiger charge is -2.41. The third kappa shape index (κ3) is 1.08. The van der Waals surface area contributed by atoms with Gasteiger partial charge in [0.1, 0.15) is 5.60 Å². The van der Waals surface area contributed by atoms with Crippen LogP contribution in [0.1, 0.15) is 19.3 Å². The minimum absolute atomic E-state index is 0.00653.